The van der Waals surface area contributed by atoms with Crippen LogP contribution >= 0.6 is 0 Å². The second kappa shape index (κ2) is 8.19. The Morgan fingerprint density at radius 2 is 2.00 bits per heavy atom. The summed E-state index contributed by atoms with van der Waals surface area (Å²) in [6.45, 7) is -0.653. The Labute approximate surface area is 131 Å². The Morgan fingerprint density at radius 1 is 1.26 bits per heavy atom. The summed E-state index contributed by atoms with van der Waals surface area (Å²) in [5.41, 5.74) is 1.78. The molecule has 122 valence electrons. The predicted molar refractivity (Wildman–Crippen MR) is 79.3 cm³/mol. The first-order valence-electron chi connectivity index (χ1n) is 6.93. The molecule has 0 saturated heterocycles. The minimum absolute atomic E-state index is 0.0336. The van der Waals surface area contributed by atoms with E-state index in [9.17, 15) is 18.7 Å². The van der Waals surface area contributed by atoms with Crippen LogP contribution in [0.3, 0.4) is 0 Å². The van der Waals surface area contributed by atoms with Crippen molar-refractivity contribution in [1.82, 2.24) is 10.3 Å². The third-order valence-corrected chi connectivity index (χ3v) is 3.08. The summed E-state index contributed by atoms with van der Waals surface area (Å²) in [5, 5.41) is 11.9. The van der Waals surface area contributed by atoms with Crippen LogP contribution in [0.5, 0.6) is 5.88 Å². The van der Waals surface area contributed by atoms with Crippen molar-refractivity contribution in [3.05, 3.63) is 59.3 Å². The zero-order valence-electron chi connectivity index (χ0n) is 12.2. The second-order valence-corrected chi connectivity index (χ2v) is 4.69. The predicted octanol–water partition coefficient (Wildman–Crippen LogP) is 2.15. The number of rotatable bonds is 7. The summed E-state index contributed by atoms with van der Waals surface area (Å²) in [4.78, 5) is 15.9. The fourth-order valence-corrected chi connectivity index (χ4v) is 1.94. The molecule has 0 fully saturated rings. The highest BCUT2D eigenvalue weighted by atomic mass is 19.3. The molecule has 1 aromatic carbocycles. The van der Waals surface area contributed by atoms with E-state index < -0.39 is 13.0 Å². The van der Waals surface area contributed by atoms with Gasteiger partial charge in [0.1, 0.15) is 0 Å². The van der Waals surface area contributed by atoms with Crippen molar-refractivity contribution < 1.29 is 23.4 Å². The van der Waals surface area contributed by atoms with Gasteiger partial charge in [0.25, 0.3) is 12.3 Å². The Kier molecular flexibility index (Phi) is 5.99. The molecule has 0 aliphatic heterocycles. The maximum absolute atomic E-state index is 12.1. The largest absolute Gasteiger partial charge is 0.472 e. The molecule has 7 heteroatoms. The maximum atomic E-state index is 12.1. The van der Waals surface area contributed by atoms with Gasteiger partial charge in [-0.05, 0) is 17.2 Å². The van der Waals surface area contributed by atoms with Gasteiger partial charge in [-0.2, -0.15) is 0 Å². The molecule has 1 aromatic heterocycles. The van der Waals surface area contributed by atoms with Crippen molar-refractivity contribution in [2.24, 2.45) is 0 Å². The Bertz CT molecular complexity index is 665. The maximum Gasteiger partial charge on any atom is 0.272 e. The van der Waals surface area contributed by atoms with Gasteiger partial charge in [0, 0.05) is 24.4 Å². The third-order valence-electron chi connectivity index (χ3n) is 3.08. The number of hydrogen-bond donors (Lipinski definition) is 2. The van der Waals surface area contributed by atoms with Crippen molar-refractivity contribution in [3.8, 4) is 5.88 Å². The lowest BCUT2D eigenvalue weighted by Crippen LogP contribution is -2.23. The van der Waals surface area contributed by atoms with Gasteiger partial charge in [-0.15, -0.1) is 0 Å². The zero-order valence-corrected chi connectivity index (χ0v) is 12.2. The topological polar surface area (TPSA) is 71.5 Å². The second-order valence-electron chi connectivity index (χ2n) is 4.69. The first kappa shape index (κ1) is 16.8. The standard InChI is InChI=1S/C16H16F2N2O3/c17-14(18)10-23-15-7-11(5-6-19-15)16(22)20-8-12-3-1-2-4-13(12)9-21/h1-7,14,21H,8-10H2,(H,20,22). The van der Waals surface area contributed by atoms with E-state index in [4.69, 9.17) is 4.74 Å². The fourth-order valence-electron chi connectivity index (χ4n) is 1.94. The van der Waals surface area contributed by atoms with Crippen LogP contribution in [0.1, 0.15) is 21.5 Å². The molecule has 1 heterocycles. The van der Waals surface area contributed by atoms with Crippen LogP contribution in [0.2, 0.25) is 0 Å². The number of halogens is 2. The number of benzene rings is 1. The molecule has 0 aliphatic rings. The molecule has 0 atom stereocenters. The lowest BCUT2D eigenvalue weighted by Gasteiger charge is -2.10. The van der Waals surface area contributed by atoms with Crippen LogP contribution in [0.15, 0.2) is 42.6 Å². The molecule has 2 rings (SSSR count). The molecule has 5 nitrogen and oxygen atoms in total. The summed E-state index contributed by atoms with van der Waals surface area (Å²) in [6, 6.07) is 9.94. The molecule has 0 aliphatic carbocycles. The van der Waals surface area contributed by atoms with Crippen molar-refractivity contribution in [1.29, 1.82) is 0 Å². The summed E-state index contributed by atoms with van der Waals surface area (Å²) in [5.74, 6) is -0.421. The normalized spacial score (nSPS) is 10.6. The van der Waals surface area contributed by atoms with E-state index in [1.165, 1.54) is 18.3 Å². The highest BCUT2D eigenvalue weighted by Crippen LogP contribution is 2.12. The number of nitrogens with one attached hydrogen (secondary N) is 1. The molecule has 1 amide bonds. The highest BCUT2D eigenvalue weighted by Gasteiger charge is 2.10. The number of pyridine rings is 1. The average molecular weight is 322 g/mol. The molecule has 0 radical (unpaired) electrons. The van der Waals surface area contributed by atoms with Gasteiger partial charge in [0.2, 0.25) is 5.88 Å². The highest BCUT2D eigenvalue weighted by molar-refractivity contribution is 5.94. The minimum Gasteiger partial charge on any atom is -0.472 e. The number of amides is 1. The van der Waals surface area contributed by atoms with E-state index in [2.05, 4.69) is 10.3 Å². The fraction of sp³-hybridized carbons (Fsp3) is 0.250. The zero-order chi connectivity index (χ0) is 16.7. The number of nitrogens with zero attached hydrogens (tertiary/aromatic N) is 1. The number of ether oxygens (including phenoxy) is 1. The molecular formula is C16H16F2N2O3. The first-order chi connectivity index (χ1) is 11.1. The first-order valence-corrected chi connectivity index (χ1v) is 6.93. The van der Waals surface area contributed by atoms with Crippen molar-refractivity contribution >= 4 is 5.91 Å². The smallest absolute Gasteiger partial charge is 0.272 e. The molecular weight excluding hydrogens is 306 g/mol. The summed E-state index contributed by atoms with van der Waals surface area (Å²) >= 11 is 0. The number of aliphatic hydroxyl groups is 1. The van der Waals surface area contributed by atoms with Crippen LogP contribution in [-0.2, 0) is 13.2 Å². The van der Waals surface area contributed by atoms with Crippen molar-refractivity contribution in [2.75, 3.05) is 6.61 Å². The lowest BCUT2D eigenvalue weighted by molar-refractivity contribution is 0.0794. The average Bonchev–Trinajstić information content (AvgIpc) is 2.58. The number of alkyl halides is 2. The van der Waals surface area contributed by atoms with E-state index in [0.717, 1.165) is 11.1 Å². The van der Waals surface area contributed by atoms with Crippen molar-refractivity contribution in [2.45, 2.75) is 19.6 Å². The van der Waals surface area contributed by atoms with E-state index in [1.54, 1.807) is 18.2 Å². The quantitative estimate of drug-likeness (QED) is 0.819. The van der Waals surface area contributed by atoms with E-state index in [0.29, 0.717) is 0 Å². The monoisotopic (exact) mass is 322 g/mol. The molecule has 0 unspecified atom stereocenters. The molecule has 0 bridgehead atoms. The van der Waals surface area contributed by atoms with Crippen LogP contribution in [0, 0.1) is 0 Å². The van der Waals surface area contributed by atoms with Gasteiger partial charge in [-0.1, -0.05) is 24.3 Å². The van der Waals surface area contributed by atoms with Gasteiger partial charge in [0.05, 0.1) is 6.61 Å². The Morgan fingerprint density at radius 3 is 2.70 bits per heavy atom. The van der Waals surface area contributed by atoms with Gasteiger partial charge in [-0.25, -0.2) is 13.8 Å². The van der Waals surface area contributed by atoms with Crippen molar-refractivity contribution in [3.63, 3.8) is 0 Å². The van der Waals surface area contributed by atoms with Crippen LogP contribution in [0.25, 0.3) is 0 Å². The van der Waals surface area contributed by atoms with Crippen LogP contribution in [0.4, 0.5) is 8.78 Å². The summed E-state index contributed by atoms with van der Waals surface area (Å²) < 4.78 is 29.0. The Hall–Kier alpha value is -2.54. The Balaban J connectivity index is 1.99. The summed E-state index contributed by atoms with van der Waals surface area (Å²) in [7, 11) is 0. The molecule has 0 saturated carbocycles. The van der Waals surface area contributed by atoms with E-state index in [-0.39, 0.29) is 30.5 Å². The van der Waals surface area contributed by atoms with Gasteiger partial charge >= 0.3 is 0 Å². The SMILES string of the molecule is O=C(NCc1ccccc1CO)c1ccnc(OCC(F)F)c1. The number of hydrogen-bond acceptors (Lipinski definition) is 4. The number of carbonyl (C=O) groups is 1. The van der Waals surface area contributed by atoms with Gasteiger partial charge in [0.15, 0.2) is 6.61 Å². The van der Waals surface area contributed by atoms with E-state index in [1.807, 2.05) is 6.07 Å². The van der Waals surface area contributed by atoms with Crippen LogP contribution in [-0.4, -0.2) is 29.0 Å². The number of aliphatic hydroxyl groups excluding tert-OH is 1. The van der Waals surface area contributed by atoms with Crippen LogP contribution < -0.4 is 10.1 Å². The number of carbonyl (C=O) groups excluding carboxylic acids is 1. The molecule has 0 spiro atoms. The van der Waals surface area contributed by atoms with Gasteiger partial charge in [-0.3, -0.25) is 4.79 Å². The minimum atomic E-state index is -2.61. The third kappa shape index (κ3) is 5.00. The van der Waals surface area contributed by atoms with E-state index >= 15 is 0 Å². The lowest BCUT2D eigenvalue weighted by atomic mass is 10.1. The number of aromatic nitrogens is 1. The summed E-state index contributed by atoms with van der Waals surface area (Å²) in [6.07, 6.45) is -1.29. The molecule has 2 N–H and O–H groups in total. The molecule has 2 aromatic rings. The van der Waals surface area contributed by atoms with Gasteiger partial charge < -0.3 is 15.2 Å². The molecule has 23 heavy (non-hydrogen) atoms.